The van der Waals surface area contributed by atoms with E-state index in [-0.39, 0.29) is 6.10 Å². The highest BCUT2D eigenvalue weighted by Crippen LogP contribution is 2.27. The predicted molar refractivity (Wildman–Crippen MR) is 58.1 cm³/mol. The van der Waals surface area contributed by atoms with E-state index in [4.69, 9.17) is 0 Å². The molecule has 1 aromatic rings. The summed E-state index contributed by atoms with van der Waals surface area (Å²) in [6.45, 7) is 0. The molecule has 1 nitrogen and oxygen atoms in total. The minimum Gasteiger partial charge on any atom is -0.393 e. The van der Waals surface area contributed by atoms with Gasteiger partial charge in [-0.05, 0) is 37.2 Å². The maximum absolute atomic E-state index is 9.56. The zero-order chi connectivity index (χ0) is 9.80. The Hall–Kier alpha value is -0.820. The molecule has 1 saturated carbocycles. The Balaban J connectivity index is 1.91. The lowest BCUT2D eigenvalue weighted by Crippen LogP contribution is -2.20. The van der Waals surface area contributed by atoms with Gasteiger partial charge >= 0.3 is 0 Å². The summed E-state index contributed by atoms with van der Waals surface area (Å²) in [6, 6.07) is 10.6. The molecule has 0 amide bonds. The Labute approximate surface area is 85.8 Å². The average Bonchev–Trinajstić information content (AvgIpc) is 2.19. The Morgan fingerprint density at radius 3 is 2.64 bits per heavy atom. The molecular weight excluding hydrogens is 172 g/mol. The van der Waals surface area contributed by atoms with Gasteiger partial charge in [-0.1, -0.05) is 36.8 Å². The van der Waals surface area contributed by atoms with E-state index < -0.39 is 0 Å². The van der Waals surface area contributed by atoms with Crippen LogP contribution in [0.25, 0.3) is 0 Å². The summed E-state index contributed by atoms with van der Waals surface area (Å²) in [7, 11) is 0. The third kappa shape index (κ3) is 2.58. The van der Waals surface area contributed by atoms with Crippen molar-refractivity contribution < 1.29 is 5.11 Å². The molecular formula is C13H18O. The van der Waals surface area contributed by atoms with E-state index in [1.165, 1.54) is 18.4 Å². The normalized spacial score (nSPS) is 27.5. The van der Waals surface area contributed by atoms with Crippen molar-refractivity contribution in [1.29, 1.82) is 0 Å². The van der Waals surface area contributed by atoms with E-state index in [1.54, 1.807) is 0 Å². The lowest BCUT2D eigenvalue weighted by Gasteiger charge is -2.25. The number of aliphatic hydroxyl groups is 1. The highest BCUT2D eigenvalue weighted by Gasteiger charge is 2.19. The maximum Gasteiger partial charge on any atom is 0.0543 e. The second-order valence-corrected chi connectivity index (χ2v) is 4.38. The van der Waals surface area contributed by atoms with Crippen LogP contribution in [0.4, 0.5) is 0 Å². The fourth-order valence-corrected chi connectivity index (χ4v) is 2.40. The van der Waals surface area contributed by atoms with E-state index in [2.05, 4.69) is 30.3 Å². The third-order valence-electron chi connectivity index (χ3n) is 3.12. The Morgan fingerprint density at radius 1 is 1.14 bits per heavy atom. The highest BCUT2D eigenvalue weighted by atomic mass is 16.3. The third-order valence-corrected chi connectivity index (χ3v) is 3.12. The van der Waals surface area contributed by atoms with Gasteiger partial charge in [0, 0.05) is 0 Å². The van der Waals surface area contributed by atoms with Crippen LogP contribution in [0.5, 0.6) is 0 Å². The van der Waals surface area contributed by atoms with Crippen molar-refractivity contribution in [2.24, 2.45) is 5.92 Å². The van der Waals surface area contributed by atoms with Gasteiger partial charge in [-0.3, -0.25) is 0 Å². The molecule has 1 aliphatic carbocycles. The van der Waals surface area contributed by atoms with Crippen molar-refractivity contribution in [1.82, 2.24) is 0 Å². The van der Waals surface area contributed by atoms with Crippen LogP contribution >= 0.6 is 0 Å². The molecule has 0 heterocycles. The number of benzene rings is 1. The molecule has 1 heteroatoms. The minimum absolute atomic E-state index is 0.0440. The summed E-state index contributed by atoms with van der Waals surface area (Å²) < 4.78 is 0. The molecule has 0 aromatic heterocycles. The second kappa shape index (κ2) is 4.61. The average molecular weight is 190 g/mol. The first-order chi connectivity index (χ1) is 6.84. The summed E-state index contributed by atoms with van der Waals surface area (Å²) in [4.78, 5) is 0. The molecule has 0 spiro atoms. The molecule has 1 aliphatic rings. The molecule has 1 fully saturated rings. The standard InChI is InChI=1S/C13H18O/c14-13-8-4-7-12(10-13)9-11-5-2-1-3-6-11/h1-3,5-6,12-14H,4,7-10H2/t12-,13-/m0/s1. The van der Waals surface area contributed by atoms with Gasteiger partial charge in [0.2, 0.25) is 0 Å². The number of hydrogen-bond acceptors (Lipinski definition) is 1. The van der Waals surface area contributed by atoms with E-state index in [9.17, 15) is 5.11 Å². The Morgan fingerprint density at radius 2 is 1.93 bits per heavy atom. The largest absolute Gasteiger partial charge is 0.393 e. The van der Waals surface area contributed by atoms with Crippen LogP contribution in [0.15, 0.2) is 30.3 Å². The van der Waals surface area contributed by atoms with Crippen LogP contribution in [-0.2, 0) is 6.42 Å². The van der Waals surface area contributed by atoms with Gasteiger partial charge in [-0.15, -0.1) is 0 Å². The van der Waals surface area contributed by atoms with Crippen LogP contribution in [0, 0.1) is 5.92 Å². The fraction of sp³-hybridized carbons (Fsp3) is 0.538. The van der Waals surface area contributed by atoms with E-state index >= 15 is 0 Å². The molecule has 2 rings (SSSR count). The smallest absolute Gasteiger partial charge is 0.0543 e. The molecule has 76 valence electrons. The van der Waals surface area contributed by atoms with Gasteiger partial charge in [-0.2, -0.15) is 0 Å². The van der Waals surface area contributed by atoms with Gasteiger partial charge in [-0.25, -0.2) is 0 Å². The summed E-state index contributed by atoms with van der Waals surface area (Å²) in [6.07, 6.45) is 5.57. The molecule has 0 saturated heterocycles. The molecule has 0 bridgehead atoms. The molecule has 0 aliphatic heterocycles. The highest BCUT2D eigenvalue weighted by molar-refractivity contribution is 5.15. The molecule has 1 N–H and O–H groups in total. The van der Waals surface area contributed by atoms with Gasteiger partial charge in [0.05, 0.1) is 6.10 Å². The summed E-state index contributed by atoms with van der Waals surface area (Å²) in [5.74, 6) is 0.696. The minimum atomic E-state index is -0.0440. The first-order valence-electron chi connectivity index (χ1n) is 5.56. The molecule has 2 atom stereocenters. The van der Waals surface area contributed by atoms with Crippen LogP contribution in [0.2, 0.25) is 0 Å². The van der Waals surface area contributed by atoms with E-state index in [0.29, 0.717) is 5.92 Å². The van der Waals surface area contributed by atoms with Crippen molar-refractivity contribution in [2.75, 3.05) is 0 Å². The van der Waals surface area contributed by atoms with Crippen LogP contribution in [0.1, 0.15) is 31.2 Å². The number of hydrogen-bond donors (Lipinski definition) is 1. The topological polar surface area (TPSA) is 20.2 Å². The van der Waals surface area contributed by atoms with Crippen molar-refractivity contribution in [3.8, 4) is 0 Å². The van der Waals surface area contributed by atoms with Crippen molar-refractivity contribution in [2.45, 2.75) is 38.2 Å². The molecule has 0 unspecified atom stereocenters. The summed E-state index contributed by atoms with van der Waals surface area (Å²) >= 11 is 0. The van der Waals surface area contributed by atoms with Gasteiger partial charge < -0.3 is 5.11 Å². The van der Waals surface area contributed by atoms with Crippen molar-refractivity contribution in [3.05, 3.63) is 35.9 Å². The lowest BCUT2D eigenvalue weighted by molar-refractivity contribution is 0.101. The number of aliphatic hydroxyl groups excluding tert-OH is 1. The van der Waals surface area contributed by atoms with Gasteiger partial charge in [0.15, 0.2) is 0 Å². The summed E-state index contributed by atoms with van der Waals surface area (Å²) in [5.41, 5.74) is 1.41. The SMILES string of the molecule is O[C@H]1CCC[C@@H](Cc2ccccc2)C1. The van der Waals surface area contributed by atoms with Crippen molar-refractivity contribution in [3.63, 3.8) is 0 Å². The molecule has 0 radical (unpaired) electrons. The van der Waals surface area contributed by atoms with Crippen LogP contribution in [-0.4, -0.2) is 11.2 Å². The first-order valence-corrected chi connectivity index (χ1v) is 5.56. The van der Waals surface area contributed by atoms with E-state index in [1.807, 2.05) is 0 Å². The van der Waals surface area contributed by atoms with Gasteiger partial charge in [0.1, 0.15) is 0 Å². The molecule has 14 heavy (non-hydrogen) atoms. The van der Waals surface area contributed by atoms with Crippen molar-refractivity contribution >= 4 is 0 Å². The van der Waals surface area contributed by atoms with Crippen LogP contribution < -0.4 is 0 Å². The maximum atomic E-state index is 9.56. The summed E-state index contributed by atoms with van der Waals surface area (Å²) in [5, 5.41) is 9.56. The van der Waals surface area contributed by atoms with Crippen LogP contribution in [0.3, 0.4) is 0 Å². The quantitative estimate of drug-likeness (QED) is 0.760. The lowest BCUT2D eigenvalue weighted by atomic mass is 9.83. The Kier molecular flexibility index (Phi) is 3.20. The number of rotatable bonds is 2. The predicted octanol–water partition coefficient (Wildman–Crippen LogP) is 2.78. The zero-order valence-corrected chi connectivity index (χ0v) is 8.52. The Bertz CT molecular complexity index is 268. The van der Waals surface area contributed by atoms with E-state index in [0.717, 1.165) is 19.3 Å². The monoisotopic (exact) mass is 190 g/mol. The fourth-order valence-electron chi connectivity index (χ4n) is 2.40. The zero-order valence-electron chi connectivity index (χ0n) is 8.52. The first kappa shape index (κ1) is 9.72. The second-order valence-electron chi connectivity index (χ2n) is 4.38. The molecule has 1 aromatic carbocycles. The van der Waals surface area contributed by atoms with Gasteiger partial charge in [0.25, 0.3) is 0 Å².